The summed E-state index contributed by atoms with van der Waals surface area (Å²) in [6, 6.07) is 13.2. The third-order valence-electron chi connectivity index (χ3n) is 5.52. The Balaban J connectivity index is 1.82. The lowest BCUT2D eigenvalue weighted by Crippen LogP contribution is -2.39. The minimum atomic E-state index is -3.74. The van der Waals surface area contributed by atoms with Crippen LogP contribution in [0.25, 0.3) is 5.69 Å². The predicted molar refractivity (Wildman–Crippen MR) is 117 cm³/mol. The van der Waals surface area contributed by atoms with Crippen LogP contribution >= 0.6 is 0 Å². The molecule has 3 heterocycles. The third-order valence-corrected chi connectivity index (χ3v) is 7.43. The third kappa shape index (κ3) is 3.91. The van der Waals surface area contributed by atoms with Crippen LogP contribution in [0.15, 0.2) is 66.0 Å². The second-order valence-corrected chi connectivity index (χ2v) is 10.6. The minimum absolute atomic E-state index is 0.203. The van der Waals surface area contributed by atoms with Gasteiger partial charge in [-0.3, -0.25) is 4.98 Å². The molecule has 4 rings (SSSR count). The average molecular weight is 425 g/mol. The van der Waals surface area contributed by atoms with Crippen molar-refractivity contribution in [3.63, 3.8) is 0 Å². The monoisotopic (exact) mass is 424 g/mol. The summed E-state index contributed by atoms with van der Waals surface area (Å²) in [5.74, 6) is 0. The maximum Gasteiger partial charge on any atom is 0.247 e. The van der Waals surface area contributed by atoms with Gasteiger partial charge in [0.25, 0.3) is 0 Å². The van der Waals surface area contributed by atoms with Crippen LogP contribution in [-0.4, -0.2) is 34.0 Å². The van der Waals surface area contributed by atoms with Crippen LogP contribution in [0.4, 0.5) is 0 Å². The molecule has 0 radical (unpaired) electrons. The number of hydrogen-bond acceptors (Lipinski definition) is 4. The summed E-state index contributed by atoms with van der Waals surface area (Å²) in [4.78, 5) is 4.50. The van der Waals surface area contributed by atoms with Crippen molar-refractivity contribution in [2.24, 2.45) is 0 Å². The largest absolute Gasteiger partial charge is 0.264 e. The van der Waals surface area contributed by atoms with Crippen molar-refractivity contribution in [1.29, 1.82) is 0 Å². The molecule has 0 N–H and O–H groups in total. The normalized spacial score (nSPS) is 18.4. The van der Waals surface area contributed by atoms with E-state index < -0.39 is 15.4 Å². The van der Waals surface area contributed by atoms with Crippen LogP contribution in [0.5, 0.6) is 0 Å². The predicted octanol–water partition coefficient (Wildman–Crippen LogP) is 4.48. The SMILES string of the molecule is CC(C)(C)c1nn(-c2ccccc2)cc1S(=O)(=O)N1CCCCC1c1cccnc1. The van der Waals surface area contributed by atoms with E-state index in [1.807, 2.05) is 63.2 Å². The summed E-state index contributed by atoms with van der Waals surface area (Å²) in [6.07, 6.45) is 7.81. The molecular weight excluding hydrogens is 396 g/mol. The lowest BCUT2D eigenvalue weighted by atomic mass is 9.92. The van der Waals surface area contributed by atoms with Gasteiger partial charge in [0, 0.05) is 24.4 Å². The van der Waals surface area contributed by atoms with E-state index in [-0.39, 0.29) is 10.9 Å². The highest BCUT2D eigenvalue weighted by Gasteiger charge is 2.39. The Morgan fingerprint density at radius 2 is 1.80 bits per heavy atom. The number of pyridine rings is 1. The fourth-order valence-electron chi connectivity index (χ4n) is 4.00. The summed E-state index contributed by atoms with van der Waals surface area (Å²) in [6.45, 7) is 6.50. The van der Waals surface area contributed by atoms with Crippen LogP contribution in [0, 0.1) is 0 Å². The van der Waals surface area contributed by atoms with E-state index in [0.717, 1.165) is 30.5 Å². The van der Waals surface area contributed by atoms with E-state index in [1.165, 1.54) is 0 Å². The molecule has 0 saturated carbocycles. The molecule has 2 aromatic heterocycles. The Labute approximate surface area is 178 Å². The summed E-state index contributed by atoms with van der Waals surface area (Å²) < 4.78 is 31.2. The molecule has 1 atom stereocenters. The van der Waals surface area contributed by atoms with Gasteiger partial charge in [-0.2, -0.15) is 9.40 Å². The highest BCUT2D eigenvalue weighted by Crippen LogP contribution is 2.38. The summed E-state index contributed by atoms with van der Waals surface area (Å²) >= 11 is 0. The first-order chi connectivity index (χ1) is 14.3. The second-order valence-electron chi connectivity index (χ2n) is 8.79. The van der Waals surface area contributed by atoms with Crippen LogP contribution in [-0.2, 0) is 15.4 Å². The Bertz CT molecular complexity index is 1100. The fraction of sp³-hybridized carbons (Fsp3) is 0.391. The van der Waals surface area contributed by atoms with Crippen molar-refractivity contribution >= 4 is 10.0 Å². The Morgan fingerprint density at radius 3 is 2.47 bits per heavy atom. The Morgan fingerprint density at radius 1 is 1.03 bits per heavy atom. The van der Waals surface area contributed by atoms with Crippen LogP contribution in [0.1, 0.15) is 57.3 Å². The van der Waals surface area contributed by atoms with E-state index >= 15 is 0 Å². The number of aromatic nitrogens is 3. The van der Waals surface area contributed by atoms with Gasteiger partial charge in [-0.25, -0.2) is 13.1 Å². The number of nitrogens with zero attached hydrogens (tertiary/aromatic N) is 4. The number of rotatable bonds is 4. The zero-order valence-corrected chi connectivity index (χ0v) is 18.5. The topological polar surface area (TPSA) is 68.1 Å². The van der Waals surface area contributed by atoms with Crippen molar-refractivity contribution in [3.05, 3.63) is 72.3 Å². The number of hydrogen-bond donors (Lipinski definition) is 0. The summed E-state index contributed by atoms with van der Waals surface area (Å²) in [5.41, 5.74) is 1.95. The zero-order chi connectivity index (χ0) is 21.4. The maximum atomic E-state index is 13.9. The second kappa shape index (κ2) is 7.96. The van der Waals surface area contributed by atoms with E-state index in [0.29, 0.717) is 12.2 Å². The zero-order valence-electron chi connectivity index (χ0n) is 17.7. The first-order valence-corrected chi connectivity index (χ1v) is 11.8. The van der Waals surface area contributed by atoms with Gasteiger partial charge in [0.05, 0.1) is 23.6 Å². The van der Waals surface area contributed by atoms with E-state index in [1.54, 1.807) is 27.6 Å². The van der Waals surface area contributed by atoms with Gasteiger partial charge in [-0.05, 0) is 36.6 Å². The Kier molecular flexibility index (Phi) is 5.51. The number of piperidine rings is 1. The van der Waals surface area contributed by atoms with Crippen LogP contribution in [0.2, 0.25) is 0 Å². The molecule has 1 fully saturated rings. The first-order valence-electron chi connectivity index (χ1n) is 10.4. The molecule has 1 aliphatic heterocycles. The molecule has 0 bridgehead atoms. The summed E-state index contributed by atoms with van der Waals surface area (Å²) in [5, 5.41) is 4.71. The number of benzene rings is 1. The molecule has 1 saturated heterocycles. The first kappa shape index (κ1) is 20.8. The van der Waals surface area contributed by atoms with Gasteiger partial charge in [-0.15, -0.1) is 0 Å². The van der Waals surface area contributed by atoms with Crippen molar-refractivity contribution in [1.82, 2.24) is 19.1 Å². The molecular formula is C23H28N4O2S. The highest BCUT2D eigenvalue weighted by molar-refractivity contribution is 7.89. The molecule has 1 aromatic carbocycles. The Hall–Kier alpha value is -2.51. The van der Waals surface area contributed by atoms with Crippen LogP contribution < -0.4 is 0 Å². The minimum Gasteiger partial charge on any atom is -0.264 e. The molecule has 0 aliphatic carbocycles. The molecule has 1 aliphatic rings. The quantitative estimate of drug-likeness (QED) is 0.619. The molecule has 1 unspecified atom stereocenters. The molecule has 158 valence electrons. The van der Waals surface area contributed by atoms with Crippen LogP contribution in [0.3, 0.4) is 0 Å². The maximum absolute atomic E-state index is 13.9. The van der Waals surface area contributed by atoms with Crippen molar-refractivity contribution < 1.29 is 8.42 Å². The van der Waals surface area contributed by atoms with Crippen molar-refractivity contribution in [2.75, 3.05) is 6.54 Å². The van der Waals surface area contributed by atoms with Gasteiger partial charge in [0.1, 0.15) is 4.90 Å². The molecule has 0 spiro atoms. The lowest BCUT2D eigenvalue weighted by Gasteiger charge is -2.35. The molecule has 0 amide bonds. The fourth-order valence-corrected chi connectivity index (χ4v) is 6.01. The van der Waals surface area contributed by atoms with Gasteiger partial charge >= 0.3 is 0 Å². The van der Waals surface area contributed by atoms with Gasteiger partial charge in [0.2, 0.25) is 10.0 Å². The lowest BCUT2D eigenvalue weighted by molar-refractivity contribution is 0.255. The van der Waals surface area contributed by atoms with Crippen molar-refractivity contribution in [3.8, 4) is 5.69 Å². The number of para-hydroxylation sites is 1. The van der Waals surface area contributed by atoms with Crippen molar-refractivity contribution in [2.45, 2.75) is 56.4 Å². The van der Waals surface area contributed by atoms with E-state index in [4.69, 9.17) is 5.10 Å². The van der Waals surface area contributed by atoms with Gasteiger partial charge in [0.15, 0.2) is 0 Å². The average Bonchev–Trinajstić information content (AvgIpc) is 3.22. The number of sulfonamides is 1. The van der Waals surface area contributed by atoms with E-state index in [2.05, 4.69) is 4.98 Å². The molecule has 30 heavy (non-hydrogen) atoms. The molecule has 3 aromatic rings. The van der Waals surface area contributed by atoms with Gasteiger partial charge in [-0.1, -0.05) is 51.5 Å². The smallest absolute Gasteiger partial charge is 0.247 e. The molecule has 6 nitrogen and oxygen atoms in total. The molecule has 7 heteroatoms. The standard InChI is InChI=1S/C23H28N4O2S/c1-23(2,3)22-21(17-26(25-22)19-11-5-4-6-12-19)30(28,29)27-15-8-7-13-20(27)18-10-9-14-24-16-18/h4-6,9-12,14,16-17,20H,7-8,13,15H2,1-3H3. The van der Waals surface area contributed by atoms with Gasteiger partial charge < -0.3 is 0 Å². The highest BCUT2D eigenvalue weighted by atomic mass is 32.2. The van der Waals surface area contributed by atoms with E-state index in [9.17, 15) is 8.42 Å². The summed E-state index contributed by atoms with van der Waals surface area (Å²) in [7, 11) is -3.74.